The second-order valence-corrected chi connectivity index (χ2v) is 5.84. The van der Waals surface area contributed by atoms with Gasteiger partial charge in [-0.1, -0.05) is 46.9 Å². The van der Waals surface area contributed by atoms with Crippen molar-refractivity contribution in [1.82, 2.24) is 9.97 Å². The standard InChI is InChI=1S/C12H10N2S2/c1-7-5-3-4-6-9(7)10-14-12-11(16-10)13-8(2)15-12/h3-6H,1-2H3. The van der Waals surface area contributed by atoms with Crippen LogP contribution in [0.15, 0.2) is 24.3 Å². The predicted molar refractivity (Wildman–Crippen MR) is 70.2 cm³/mol. The molecular formula is C12H10N2S2. The monoisotopic (exact) mass is 246 g/mol. The highest BCUT2D eigenvalue weighted by Gasteiger charge is 2.10. The Hall–Kier alpha value is -1.26. The average Bonchev–Trinajstić information content (AvgIpc) is 2.75. The fourth-order valence-corrected chi connectivity index (χ4v) is 3.70. The number of fused-ring (bicyclic) bond motifs is 1. The van der Waals surface area contributed by atoms with Gasteiger partial charge in [-0.15, -0.1) is 0 Å². The summed E-state index contributed by atoms with van der Waals surface area (Å²) in [6.07, 6.45) is 0. The first-order chi connectivity index (χ1) is 7.74. The Morgan fingerprint density at radius 1 is 0.938 bits per heavy atom. The van der Waals surface area contributed by atoms with Crippen molar-refractivity contribution < 1.29 is 0 Å². The van der Waals surface area contributed by atoms with Crippen LogP contribution in [0.3, 0.4) is 0 Å². The van der Waals surface area contributed by atoms with E-state index < -0.39 is 0 Å². The van der Waals surface area contributed by atoms with E-state index in [0.717, 1.165) is 19.7 Å². The van der Waals surface area contributed by atoms with E-state index in [1.54, 1.807) is 22.7 Å². The lowest BCUT2D eigenvalue weighted by atomic mass is 10.1. The number of hydrogen-bond acceptors (Lipinski definition) is 4. The van der Waals surface area contributed by atoms with Crippen LogP contribution in [0.2, 0.25) is 0 Å². The summed E-state index contributed by atoms with van der Waals surface area (Å²) in [4.78, 5) is 11.2. The van der Waals surface area contributed by atoms with Crippen LogP contribution in [0, 0.1) is 13.8 Å². The summed E-state index contributed by atoms with van der Waals surface area (Å²) in [5.74, 6) is 0. The Bertz CT molecular complexity index is 620. The quantitative estimate of drug-likeness (QED) is 0.647. The van der Waals surface area contributed by atoms with Gasteiger partial charge in [-0.3, -0.25) is 0 Å². The van der Waals surface area contributed by atoms with Gasteiger partial charge < -0.3 is 0 Å². The molecule has 2 heterocycles. The molecule has 0 N–H and O–H groups in total. The van der Waals surface area contributed by atoms with Crippen molar-refractivity contribution in [2.24, 2.45) is 0 Å². The number of nitrogens with zero attached hydrogens (tertiary/aromatic N) is 2. The van der Waals surface area contributed by atoms with Crippen LogP contribution in [0.1, 0.15) is 10.6 Å². The van der Waals surface area contributed by atoms with Gasteiger partial charge in [0.15, 0.2) is 9.66 Å². The number of aromatic nitrogens is 2. The zero-order chi connectivity index (χ0) is 11.1. The van der Waals surface area contributed by atoms with Crippen LogP contribution in [0.5, 0.6) is 0 Å². The fraction of sp³-hybridized carbons (Fsp3) is 0.167. The zero-order valence-corrected chi connectivity index (χ0v) is 10.7. The van der Waals surface area contributed by atoms with E-state index in [9.17, 15) is 0 Å². The molecule has 0 spiro atoms. The summed E-state index contributed by atoms with van der Waals surface area (Å²) in [6, 6.07) is 8.34. The Balaban J connectivity index is 2.19. The van der Waals surface area contributed by atoms with Gasteiger partial charge >= 0.3 is 0 Å². The lowest BCUT2D eigenvalue weighted by Gasteiger charge is -1.99. The van der Waals surface area contributed by atoms with Gasteiger partial charge in [-0.2, -0.15) is 0 Å². The van der Waals surface area contributed by atoms with Crippen molar-refractivity contribution >= 4 is 32.3 Å². The number of rotatable bonds is 1. The molecule has 2 aromatic heterocycles. The third-order valence-electron chi connectivity index (χ3n) is 2.46. The molecule has 0 atom stereocenters. The van der Waals surface area contributed by atoms with Crippen molar-refractivity contribution in [3.05, 3.63) is 34.8 Å². The van der Waals surface area contributed by atoms with Crippen LogP contribution in [-0.4, -0.2) is 9.97 Å². The van der Waals surface area contributed by atoms with Gasteiger partial charge in [0.1, 0.15) is 5.01 Å². The first kappa shape index (κ1) is 9.93. The number of thiazole rings is 2. The summed E-state index contributed by atoms with van der Waals surface area (Å²) in [5, 5.41) is 2.16. The SMILES string of the molecule is Cc1nc2sc(-c3ccccc3C)nc2s1. The number of aryl methyl sites for hydroxylation is 2. The summed E-state index contributed by atoms with van der Waals surface area (Å²) >= 11 is 3.34. The van der Waals surface area contributed by atoms with Gasteiger partial charge in [0.25, 0.3) is 0 Å². The number of benzene rings is 1. The average molecular weight is 246 g/mol. The molecule has 4 heteroatoms. The van der Waals surface area contributed by atoms with Gasteiger partial charge in [-0.25, -0.2) is 9.97 Å². The van der Waals surface area contributed by atoms with Crippen LogP contribution in [-0.2, 0) is 0 Å². The van der Waals surface area contributed by atoms with E-state index >= 15 is 0 Å². The van der Waals surface area contributed by atoms with Crippen molar-refractivity contribution in [2.75, 3.05) is 0 Å². The topological polar surface area (TPSA) is 25.8 Å². The van der Waals surface area contributed by atoms with E-state index in [-0.39, 0.29) is 0 Å². The molecule has 0 saturated heterocycles. The summed E-state index contributed by atoms with van der Waals surface area (Å²) in [6.45, 7) is 4.13. The fourth-order valence-electron chi connectivity index (χ4n) is 1.67. The molecule has 0 fully saturated rings. The predicted octanol–water partition coefficient (Wildman–Crippen LogP) is 4.04. The smallest absolute Gasteiger partial charge is 0.155 e. The summed E-state index contributed by atoms with van der Waals surface area (Å²) in [5.41, 5.74) is 2.48. The van der Waals surface area contributed by atoms with E-state index in [1.165, 1.54) is 11.1 Å². The van der Waals surface area contributed by atoms with Crippen molar-refractivity contribution in [3.8, 4) is 10.6 Å². The second kappa shape index (κ2) is 3.64. The molecule has 16 heavy (non-hydrogen) atoms. The Labute approximate surface area is 102 Å². The zero-order valence-electron chi connectivity index (χ0n) is 9.02. The maximum absolute atomic E-state index is 4.64. The molecule has 3 rings (SSSR count). The maximum atomic E-state index is 4.64. The van der Waals surface area contributed by atoms with Crippen LogP contribution < -0.4 is 0 Å². The molecule has 3 aromatic rings. The van der Waals surface area contributed by atoms with Crippen LogP contribution >= 0.6 is 22.7 Å². The lowest BCUT2D eigenvalue weighted by molar-refractivity contribution is 1.36. The molecule has 0 saturated carbocycles. The molecule has 80 valence electrons. The molecule has 0 aliphatic rings. The Morgan fingerprint density at radius 2 is 1.69 bits per heavy atom. The minimum absolute atomic E-state index is 1.06. The van der Waals surface area contributed by atoms with Gasteiger partial charge in [0, 0.05) is 5.56 Å². The molecule has 0 unspecified atom stereocenters. The van der Waals surface area contributed by atoms with Crippen molar-refractivity contribution in [3.63, 3.8) is 0 Å². The second-order valence-electron chi connectivity index (χ2n) is 3.68. The Kier molecular flexibility index (Phi) is 2.26. The van der Waals surface area contributed by atoms with E-state index in [4.69, 9.17) is 0 Å². The van der Waals surface area contributed by atoms with Crippen molar-refractivity contribution in [1.29, 1.82) is 0 Å². The van der Waals surface area contributed by atoms with E-state index in [0.29, 0.717) is 0 Å². The van der Waals surface area contributed by atoms with Crippen LogP contribution in [0.25, 0.3) is 20.2 Å². The number of hydrogen-bond donors (Lipinski definition) is 0. The van der Waals surface area contributed by atoms with Gasteiger partial charge in [0.2, 0.25) is 0 Å². The Morgan fingerprint density at radius 3 is 2.44 bits per heavy atom. The van der Waals surface area contributed by atoms with Crippen molar-refractivity contribution in [2.45, 2.75) is 13.8 Å². The highest BCUT2D eigenvalue weighted by Crippen LogP contribution is 2.33. The maximum Gasteiger partial charge on any atom is 0.155 e. The first-order valence-electron chi connectivity index (χ1n) is 5.04. The van der Waals surface area contributed by atoms with E-state index in [1.807, 2.05) is 6.92 Å². The normalized spacial score (nSPS) is 11.1. The molecule has 0 radical (unpaired) electrons. The summed E-state index contributed by atoms with van der Waals surface area (Å²) < 4.78 is 0. The third-order valence-corrected chi connectivity index (χ3v) is 4.43. The van der Waals surface area contributed by atoms with E-state index in [2.05, 4.69) is 41.2 Å². The minimum Gasteiger partial charge on any atom is -0.229 e. The highest BCUT2D eigenvalue weighted by atomic mass is 32.1. The molecule has 0 aliphatic heterocycles. The minimum atomic E-state index is 1.06. The molecule has 0 aliphatic carbocycles. The largest absolute Gasteiger partial charge is 0.229 e. The van der Waals surface area contributed by atoms with Gasteiger partial charge in [-0.05, 0) is 19.4 Å². The van der Waals surface area contributed by atoms with Crippen LogP contribution in [0.4, 0.5) is 0 Å². The molecule has 0 bridgehead atoms. The molecule has 0 amide bonds. The molecular weight excluding hydrogens is 236 g/mol. The first-order valence-corrected chi connectivity index (χ1v) is 6.67. The highest BCUT2D eigenvalue weighted by molar-refractivity contribution is 7.28. The lowest BCUT2D eigenvalue weighted by Crippen LogP contribution is -1.80. The molecule has 2 nitrogen and oxygen atoms in total. The summed E-state index contributed by atoms with van der Waals surface area (Å²) in [7, 11) is 0. The molecule has 1 aromatic carbocycles. The third kappa shape index (κ3) is 1.54. The van der Waals surface area contributed by atoms with Gasteiger partial charge in [0.05, 0.1) is 5.01 Å².